The fraction of sp³-hybridized carbons (Fsp3) is 0.409. The molecule has 0 aliphatic carbocycles. The number of aromatic hydroxyl groups is 1. The van der Waals surface area contributed by atoms with Gasteiger partial charge in [-0.2, -0.15) is 0 Å². The van der Waals surface area contributed by atoms with Crippen LogP contribution < -0.4 is 0 Å². The molecule has 148 valence electrons. The number of nitrogens with zero attached hydrogens (tertiary/aromatic N) is 1. The highest BCUT2D eigenvalue weighted by Gasteiger charge is 2.34. The number of hydrogen-bond donors (Lipinski definition) is 2. The van der Waals surface area contributed by atoms with Gasteiger partial charge in [-0.15, -0.1) is 0 Å². The van der Waals surface area contributed by atoms with Crippen LogP contribution in [-0.4, -0.2) is 39.6 Å². The predicted octanol–water partition coefficient (Wildman–Crippen LogP) is 4.16. The maximum atomic E-state index is 12.6. The van der Waals surface area contributed by atoms with Gasteiger partial charge in [-0.05, 0) is 55.4 Å². The number of likely N-dealkylation sites (tertiary alicyclic amines) is 1. The Balaban J connectivity index is 1.56. The number of unbranched alkanes of at least 4 members (excludes halogenated alkanes) is 1. The molecule has 1 aliphatic heterocycles. The van der Waals surface area contributed by atoms with Crippen molar-refractivity contribution in [3.8, 4) is 5.75 Å². The van der Waals surface area contributed by atoms with Gasteiger partial charge in [-0.25, -0.2) is 4.79 Å². The number of hydrogen-bond acceptors (Lipinski definition) is 3. The molecular weight excluding hydrogens is 373 g/mol. The number of rotatable bonds is 8. The molecule has 1 aromatic carbocycles. The van der Waals surface area contributed by atoms with Crippen LogP contribution in [0.1, 0.15) is 42.1 Å². The molecule has 0 unspecified atom stereocenters. The molecule has 2 aromatic rings. The molecule has 1 saturated heterocycles. The van der Waals surface area contributed by atoms with Crippen LogP contribution in [0, 0.1) is 0 Å². The molecule has 1 fully saturated rings. The van der Waals surface area contributed by atoms with Gasteiger partial charge in [0.05, 0.1) is 6.42 Å². The van der Waals surface area contributed by atoms with E-state index in [1.54, 1.807) is 0 Å². The molecule has 6 heteroatoms. The van der Waals surface area contributed by atoms with Crippen molar-refractivity contribution in [2.75, 3.05) is 6.54 Å². The van der Waals surface area contributed by atoms with E-state index in [0.29, 0.717) is 24.7 Å². The minimum Gasteiger partial charge on any atom is -0.507 e. The lowest BCUT2D eigenvalue weighted by atomic mass is 10.0. The highest BCUT2D eigenvalue weighted by atomic mass is 31.0. The molecule has 0 bridgehead atoms. The van der Waals surface area contributed by atoms with Gasteiger partial charge >= 0.3 is 5.97 Å². The Kier molecular flexibility index (Phi) is 7.05. The number of benzene rings is 1. The zero-order valence-corrected chi connectivity index (χ0v) is 16.8. The fourth-order valence-electron chi connectivity index (χ4n) is 3.73. The van der Waals surface area contributed by atoms with Crippen LogP contribution >= 0.6 is 8.19 Å². The maximum absolute atomic E-state index is 12.6. The number of carbonyl (C=O) groups excluding carboxylic acids is 1. The molecule has 0 saturated carbocycles. The highest BCUT2D eigenvalue weighted by Crippen LogP contribution is 2.32. The molecule has 28 heavy (non-hydrogen) atoms. The Hall–Kier alpha value is -2.39. The Morgan fingerprint density at radius 1 is 1.11 bits per heavy atom. The standard InChI is InChI=1S/C22H26NO4P/c24-20(23-13-6-11-18(23)22(26)27)15-19-21(25)17(12-14-28-19)10-5-4-9-16-7-2-1-3-8-16/h1-3,7-8,12,14,18,25H,4-6,9-11,13,15H2,(H,26,27)/t18-/m0/s1. The summed E-state index contributed by atoms with van der Waals surface area (Å²) in [4.78, 5) is 25.3. The third-order valence-electron chi connectivity index (χ3n) is 5.26. The molecule has 1 atom stereocenters. The number of carbonyl (C=O) groups is 2. The largest absolute Gasteiger partial charge is 0.507 e. The molecule has 2 N–H and O–H groups in total. The van der Waals surface area contributed by atoms with Crippen molar-refractivity contribution in [3.63, 3.8) is 0 Å². The van der Waals surface area contributed by atoms with Gasteiger partial charge in [0.15, 0.2) is 0 Å². The van der Waals surface area contributed by atoms with Crippen LogP contribution in [0.25, 0.3) is 0 Å². The second-order valence-electron chi connectivity index (χ2n) is 7.22. The van der Waals surface area contributed by atoms with Crippen LogP contribution in [0.4, 0.5) is 0 Å². The zero-order chi connectivity index (χ0) is 19.9. The normalized spacial score (nSPS) is 16.6. The Morgan fingerprint density at radius 3 is 2.61 bits per heavy atom. The van der Waals surface area contributed by atoms with E-state index < -0.39 is 12.0 Å². The first-order chi connectivity index (χ1) is 13.6. The van der Waals surface area contributed by atoms with Crippen molar-refractivity contribution in [3.05, 3.63) is 58.6 Å². The van der Waals surface area contributed by atoms with Crippen molar-refractivity contribution in [1.82, 2.24) is 4.90 Å². The van der Waals surface area contributed by atoms with Crippen molar-refractivity contribution in [2.24, 2.45) is 0 Å². The predicted molar refractivity (Wildman–Crippen MR) is 110 cm³/mol. The Morgan fingerprint density at radius 2 is 1.86 bits per heavy atom. The van der Waals surface area contributed by atoms with Crippen LogP contribution in [0.3, 0.4) is 0 Å². The summed E-state index contributed by atoms with van der Waals surface area (Å²) in [6.07, 6.45) is 5.07. The van der Waals surface area contributed by atoms with Gasteiger partial charge in [0, 0.05) is 11.8 Å². The van der Waals surface area contributed by atoms with Gasteiger partial charge in [-0.3, -0.25) is 4.79 Å². The van der Waals surface area contributed by atoms with Gasteiger partial charge in [0.1, 0.15) is 11.8 Å². The third-order valence-corrected chi connectivity index (χ3v) is 6.24. The maximum Gasteiger partial charge on any atom is 0.326 e. The van der Waals surface area contributed by atoms with E-state index >= 15 is 0 Å². The van der Waals surface area contributed by atoms with E-state index in [-0.39, 0.29) is 18.1 Å². The smallest absolute Gasteiger partial charge is 0.326 e. The summed E-state index contributed by atoms with van der Waals surface area (Å²) in [7, 11) is 0.806. The molecule has 1 aliphatic rings. The number of aliphatic carboxylic acids is 1. The highest BCUT2D eigenvalue weighted by molar-refractivity contribution is 7.30. The molecular formula is C22H26NO4P. The topological polar surface area (TPSA) is 77.8 Å². The summed E-state index contributed by atoms with van der Waals surface area (Å²) >= 11 is 0. The molecule has 0 spiro atoms. The van der Waals surface area contributed by atoms with E-state index in [1.165, 1.54) is 10.5 Å². The lowest BCUT2D eigenvalue weighted by molar-refractivity contribution is -0.147. The van der Waals surface area contributed by atoms with Gasteiger partial charge in [-0.1, -0.05) is 44.6 Å². The molecule has 1 amide bonds. The van der Waals surface area contributed by atoms with E-state index in [4.69, 9.17) is 0 Å². The summed E-state index contributed by atoms with van der Waals surface area (Å²) in [5.41, 5.74) is 2.18. The van der Waals surface area contributed by atoms with Crippen LogP contribution in [-0.2, 0) is 28.9 Å². The number of carboxylic acid groups (broad SMARTS) is 1. The number of carboxylic acids is 1. The summed E-state index contributed by atoms with van der Waals surface area (Å²) in [6.45, 7) is 0.479. The van der Waals surface area contributed by atoms with E-state index in [2.05, 4.69) is 12.1 Å². The lowest BCUT2D eigenvalue weighted by Crippen LogP contribution is -2.41. The Labute approximate surface area is 167 Å². The first-order valence-corrected chi connectivity index (χ1v) is 10.7. The van der Waals surface area contributed by atoms with Crippen molar-refractivity contribution < 1.29 is 19.8 Å². The van der Waals surface area contributed by atoms with Crippen molar-refractivity contribution >= 4 is 20.1 Å². The van der Waals surface area contributed by atoms with Gasteiger partial charge in [0.25, 0.3) is 0 Å². The van der Waals surface area contributed by atoms with Crippen LogP contribution in [0.2, 0.25) is 0 Å². The molecule has 1 aromatic heterocycles. The quantitative estimate of drug-likeness (QED) is 0.654. The minimum atomic E-state index is -0.948. The summed E-state index contributed by atoms with van der Waals surface area (Å²) in [5.74, 6) is 1.00. The second-order valence-corrected chi connectivity index (χ2v) is 8.31. The number of amides is 1. The summed E-state index contributed by atoms with van der Waals surface area (Å²) < 4.78 is 0. The first-order valence-electron chi connectivity index (χ1n) is 9.78. The monoisotopic (exact) mass is 399 g/mol. The van der Waals surface area contributed by atoms with Crippen LogP contribution in [0.5, 0.6) is 5.75 Å². The third kappa shape index (κ3) is 5.11. The zero-order valence-electron chi connectivity index (χ0n) is 15.9. The summed E-state index contributed by atoms with van der Waals surface area (Å²) in [6, 6.07) is 11.5. The summed E-state index contributed by atoms with van der Waals surface area (Å²) in [5, 5.41) is 20.5. The minimum absolute atomic E-state index is 0.0784. The van der Waals surface area contributed by atoms with Crippen molar-refractivity contribution in [1.29, 1.82) is 0 Å². The molecule has 2 heterocycles. The van der Waals surface area contributed by atoms with E-state index in [0.717, 1.165) is 39.4 Å². The Bertz CT molecular complexity index is 825. The average molecular weight is 399 g/mol. The van der Waals surface area contributed by atoms with Gasteiger partial charge in [0.2, 0.25) is 5.91 Å². The molecule has 5 nitrogen and oxygen atoms in total. The van der Waals surface area contributed by atoms with E-state index in [9.17, 15) is 19.8 Å². The van der Waals surface area contributed by atoms with E-state index in [1.807, 2.05) is 30.1 Å². The first kappa shape index (κ1) is 20.3. The average Bonchev–Trinajstić information content (AvgIpc) is 3.19. The SMILES string of the molecule is O=C(O)[C@@H]1CCCN1C(=O)Cc1pccc(CCCCc2ccccc2)c1O. The van der Waals surface area contributed by atoms with Crippen LogP contribution in [0.15, 0.2) is 42.2 Å². The van der Waals surface area contributed by atoms with Gasteiger partial charge < -0.3 is 15.1 Å². The number of aryl methyl sites for hydroxylation is 2. The lowest BCUT2D eigenvalue weighted by Gasteiger charge is -2.21. The fourth-order valence-corrected chi connectivity index (χ4v) is 4.66. The van der Waals surface area contributed by atoms with Crippen molar-refractivity contribution in [2.45, 2.75) is 51.0 Å². The molecule has 3 rings (SSSR count). The second kappa shape index (κ2) is 9.70. The molecule has 0 radical (unpaired) electrons.